The highest BCUT2D eigenvalue weighted by atomic mass is 14.9. The van der Waals surface area contributed by atoms with Crippen LogP contribution in [0.15, 0.2) is 42.7 Å². The monoisotopic (exact) mass is 199 g/mol. The van der Waals surface area contributed by atoms with Gasteiger partial charge >= 0.3 is 0 Å². The number of benzene rings is 1. The Balaban J connectivity index is 2.37. The molecule has 0 saturated carbocycles. The highest BCUT2D eigenvalue weighted by molar-refractivity contribution is 5.31. The molecular formula is C12H13N3. The van der Waals surface area contributed by atoms with E-state index in [-0.39, 0.29) is 6.04 Å². The average molecular weight is 199 g/mol. The van der Waals surface area contributed by atoms with Crippen molar-refractivity contribution in [2.45, 2.75) is 13.0 Å². The summed E-state index contributed by atoms with van der Waals surface area (Å²) >= 11 is 0. The maximum Gasteiger partial charge on any atom is 0.149 e. The summed E-state index contributed by atoms with van der Waals surface area (Å²) in [5.74, 6) is 0.659. The molecule has 2 rings (SSSR count). The summed E-state index contributed by atoms with van der Waals surface area (Å²) in [7, 11) is 0. The van der Waals surface area contributed by atoms with Crippen LogP contribution in [0.1, 0.15) is 23.0 Å². The van der Waals surface area contributed by atoms with E-state index in [1.807, 2.05) is 31.2 Å². The second kappa shape index (κ2) is 4.19. The second-order valence-corrected chi connectivity index (χ2v) is 3.44. The number of nitrogens with two attached hydrogens (primary N) is 1. The minimum absolute atomic E-state index is 0.243. The molecule has 0 fully saturated rings. The lowest BCUT2D eigenvalue weighted by Crippen LogP contribution is -2.16. The predicted molar refractivity (Wildman–Crippen MR) is 59.2 cm³/mol. The molecule has 2 aromatic rings. The predicted octanol–water partition coefficient (Wildman–Crippen LogP) is 1.83. The molecule has 0 bridgehead atoms. The SMILES string of the molecule is Cc1ccccc1C(N)c1ncccn1. The summed E-state index contributed by atoms with van der Waals surface area (Å²) in [5, 5.41) is 0. The lowest BCUT2D eigenvalue weighted by molar-refractivity contribution is 0.775. The summed E-state index contributed by atoms with van der Waals surface area (Å²) < 4.78 is 0. The molecule has 1 atom stereocenters. The van der Waals surface area contributed by atoms with Gasteiger partial charge in [-0.3, -0.25) is 0 Å². The summed E-state index contributed by atoms with van der Waals surface area (Å²) in [6.07, 6.45) is 3.42. The van der Waals surface area contributed by atoms with E-state index >= 15 is 0 Å². The number of aryl methyl sites for hydroxylation is 1. The van der Waals surface area contributed by atoms with Crippen molar-refractivity contribution in [3.8, 4) is 0 Å². The van der Waals surface area contributed by atoms with E-state index in [2.05, 4.69) is 9.97 Å². The van der Waals surface area contributed by atoms with Crippen LogP contribution in [0.25, 0.3) is 0 Å². The van der Waals surface area contributed by atoms with Crippen LogP contribution in [0, 0.1) is 6.92 Å². The minimum atomic E-state index is -0.243. The Hall–Kier alpha value is -1.74. The molecule has 0 amide bonds. The van der Waals surface area contributed by atoms with E-state index in [0.717, 1.165) is 11.1 Å². The summed E-state index contributed by atoms with van der Waals surface area (Å²) in [4.78, 5) is 8.32. The molecule has 76 valence electrons. The Kier molecular flexibility index (Phi) is 2.74. The maximum absolute atomic E-state index is 6.09. The van der Waals surface area contributed by atoms with Crippen LogP contribution >= 0.6 is 0 Å². The van der Waals surface area contributed by atoms with Crippen molar-refractivity contribution < 1.29 is 0 Å². The van der Waals surface area contributed by atoms with Crippen LogP contribution in [0.3, 0.4) is 0 Å². The smallest absolute Gasteiger partial charge is 0.149 e. The molecule has 3 nitrogen and oxygen atoms in total. The first kappa shape index (κ1) is 9.80. The Bertz CT molecular complexity index is 440. The third-order valence-corrected chi connectivity index (χ3v) is 2.39. The third kappa shape index (κ3) is 2.02. The maximum atomic E-state index is 6.09. The van der Waals surface area contributed by atoms with E-state index in [0.29, 0.717) is 5.82 Å². The lowest BCUT2D eigenvalue weighted by Gasteiger charge is -2.12. The molecule has 1 aromatic carbocycles. The van der Waals surface area contributed by atoms with Gasteiger partial charge in [0.1, 0.15) is 5.82 Å². The Morgan fingerprint density at radius 1 is 1.07 bits per heavy atom. The van der Waals surface area contributed by atoms with Crippen molar-refractivity contribution in [3.63, 3.8) is 0 Å². The molecule has 0 aliphatic heterocycles. The minimum Gasteiger partial charge on any atom is -0.318 e. The topological polar surface area (TPSA) is 51.8 Å². The fourth-order valence-electron chi connectivity index (χ4n) is 1.55. The first-order chi connectivity index (χ1) is 7.29. The molecule has 0 spiro atoms. The van der Waals surface area contributed by atoms with Gasteiger partial charge in [0, 0.05) is 12.4 Å². The van der Waals surface area contributed by atoms with E-state index in [1.165, 1.54) is 0 Å². The van der Waals surface area contributed by atoms with Gasteiger partial charge in [-0.25, -0.2) is 9.97 Å². The van der Waals surface area contributed by atoms with E-state index in [4.69, 9.17) is 5.73 Å². The number of hydrogen-bond acceptors (Lipinski definition) is 3. The zero-order chi connectivity index (χ0) is 10.7. The van der Waals surface area contributed by atoms with Gasteiger partial charge < -0.3 is 5.73 Å². The molecule has 3 heteroatoms. The molecular weight excluding hydrogens is 186 g/mol. The van der Waals surface area contributed by atoms with Crippen molar-refractivity contribution >= 4 is 0 Å². The van der Waals surface area contributed by atoms with E-state index in [9.17, 15) is 0 Å². The standard InChI is InChI=1S/C12H13N3/c1-9-5-2-3-6-10(9)11(13)12-14-7-4-8-15-12/h2-8,11H,13H2,1H3. The summed E-state index contributed by atoms with van der Waals surface area (Å²) in [6, 6.07) is 9.57. The average Bonchev–Trinajstić information content (AvgIpc) is 2.30. The van der Waals surface area contributed by atoms with Gasteiger partial charge in [0.2, 0.25) is 0 Å². The van der Waals surface area contributed by atoms with Crippen LogP contribution in [0.5, 0.6) is 0 Å². The fourth-order valence-corrected chi connectivity index (χ4v) is 1.55. The molecule has 2 N–H and O–H groups in total. The fraction of sp³-hybridized carbons (Fsp3) is 0.167. The first-order valence-corrected chi connectivity index (χ1v) is 4.87. The molecule has 15 heavy (non-hydrogen) atoms. The van der Waals surface area contributed by atoms with Gasteiger partial charge in [-0.05, 0) is 24.1 Å². The van der Waals surface area contributed by atoms with Gasteiger partial charge in [0.05, 0.1) is 6.04 Å². The van der Waals surface area contributed by atoms with Gasteiger partial charge in [-0.1, -0.05) is 24.3 Å². The number of aromatic nitrogens is 2. The van der Waals surface area contributed by atoms with Crippen molar-refractivity contribution in [1.82, 2.24) is 9.97 Å². The van der Waals surface area contributed by atoms with Crippen molar-refractivity contribution in [2.24, 2.45) is 5.73 Å². The summed E-state index contributed by atoms with van der Waals surface area (Å²) in [5.41, 5.74) is 8.33. The molecule has 0 aliphatic carbocycles. The lowest BCUT2D eigenvalue weighted by atomic mass is 10.0. The highest BCUT2D eigenvalue weighted by Gasteiger charge is 2.12. The van der Waals surface area contributed by atoms with Crippen LogP contribution in [-0.4, -0.2) is 9.97 Å². The Morgan fingerprint density at radius 3 is 2.40 bits per heavy atom. The molecule has 1 heterocycles. The molecule has 1 unspecified atom stereocenters. The zero-order valence-electron chi connectivity index (χ0n) is 8.59. The molecule has 0 saturated heterocycles. The van der Waals surface area contributed by atoms with Gasteiger partial charge in [0.15, 0.2) is 0 Å². The van der Waals surface area contributed by atoms with Gasteiger partial charge in [-0.2, -0.15) is 0 Å². The van der Waals surface area contributed by atoms with Crippen LogP contribution in [-0.2, 0) is 0 Å². The van der Waals surface area contributed by atoms with Crippen molar-refractivity contribution in [1.29, 1.82) is 0 Å². The molecule has 1 aromatic heterocycles. The van der Waals surface area contributed by atoms with E-state index < -0.39 is 0 Å². The largest absolute Gasteiger partial charge is 0.318 e. The number of hydrogen-bond donors (Lipinski definition) is 1. The number of rotatable bonds is 2. The third-order valence-electron chi connectivity index (χ3n) is 2.39. The quantitative estimate of drug-likeness (QED) is 0.802. The highest BCUT2D eigenvalue weighted by Crippen LogP contribution is 2.18. The zero-order valence-corrected chi connectivity index (χ0v) is 8.59. The molecule has 0 aliphatic rings. The molecule has 0 radical (unpaired) electrons. The van der Waals surface area contributed by atoms with E-state index in [1.54, 1.807) is 18.5 Å². The van der Waals surface area contributed by atoms with Crippen LogP contribution in [0.2, 0.25) is 0 Å². The van der Waals surface area contributed by atoms with Crippen LogP contribution in [0.4, 0.5) is 0 Å². The van der Waals surface area contributed by atoms with Gasteiger partial charge in [0.25, 0.3) is 0 Å². The van der Waals surface area contributed by atoms with Crippen molar-refractivity contribution in [2.75, 3.05) is 0 Å². The number of nitrogens with zero attached hydrogens (tertiary/aromatic N) is 2. The second-order valence-electron chi connectivity index (χ2n) is 3.44. The van der Waals surface area contributed by atoms with Gasteiger partial charge in [-0.15, -0.1) is 0 Å². The Labute approximate surface area is 89.0 Å². The Morgan fingerprint density at radius 2 is 1.73 bits per heavy atom. The summed E-state index contributed by atoms with van der Waals surface area (Å²) in [6.45, 7) is 2.04. The van der Waals surface area contributed by atoms with Crippen LogP contribution < -0.4 is 5.73 Å². The first-order valence-electron chi connectivity index (χ1n) is 4.87. The van der Waals surface area contributed by atoms with Crippen molar-refractivity contribution in [3.05, 3.63) is 59.7 Å². The normalized spacial score (nSPS) is 12.4.